The normalized spacial score (nSPS) is 45.9. The van der Waals surface area contributed by atoms with E-state index in [1.807, 2.05) is 0 Å². The molecule has 0 spiro atoms. The maximum absolute atomic E-state index is 5.64. The first kappa shape index (κ1) is 7.11. The fourth-order valence-corrected chi connectivity index (χ4v) is 3.20. The molecule has 1 heterocycles. The Labute approximate surface area is 70.3 Å². The van der Waals surface area contributed by atoms with Gasteiger partial charge in [0.2, 0.25) is 0 Å². The summed E-state index contributed by atoms with van der Waals surface area (Å²) in [5.41, 5.74) is 0.542. The SMILES string of the molecule is BrC[C@]12CCC[C@@H]1OCC2. The van der Waals surface area contributed by atoms with E-state index in [0.717, 1.165) is 11.9 Å². The van der Waals surface area contributed by atoms with Crippen LogP contribution in [0.1, 0.15) is 25.7 Å². The molecule has 2 aliphatic rings. The van der Waals surface area contributed by atoms with Crippen molar-refractivity contribution in [1.29, 1.82) is 0 Å². The third kappa shape index (κ3) is 0.850. The van der Waals surface area contributed by atoms with E-state index in [9.17, 15) is 0 Å². The number of ether oxygens (including phenoxy) is 1. The highest BCUT2D eigenvalue weighted by molar-refractivity contribution is 9.09. The standard InChI is InChI=1S/C8H13BrO/c9-6-8-3-1-2-7(8)10-5-4-8/h7H,1-6H2/t7-,8+/m0/s1. The highest BCUT2D eigenvalue weighted by atomic mass is 79.9. The zero-order chi connectivity index (χ0) is 7.03. The molecule has 1 saturated carbocycles. The molecule has 1 aliphatic carbocycles. The highest BCUT2D eigenvalue weighted by Gasteiger charge is 2.46. The lowest BCUT2D eigenvalue weighted by Crippen LogP contribution is -2.26. The molecule has 0 N–H and O–H groups in total. The predicted octanol–water partition coefficient (Wildman–Crippen LogP) is 2.34. The Morgan fingerprint density at radius 3 is 3.10 bits per heavy atom. The third-order valence-electron chi connectivity index (χ3n) is 3.01. The molecule has 2 fully saturated rings. The van der Waals surface area contributed by atoms with Gasteiger partial charge in [-0.1, -0.05) is 22.4 Å². The van der Waals surface area contributed by atoms with E-state index in [0.29, 0.717) is 11.5 Å². The van der Waals surface area contributed by atoms with E-state index < -0.39 is 0 Å². The lowest BCUT2D eigenvalue weighted by molar-refractivity contribution is 0.0792. The molecule has 0 bridgehead atoms. The number of halogens is 1. The van der Waals surface area contributed by atoms with Gasteiger partial charge < -0.3 is 4.74 Å². The molecule has 0 radical (unpaired) electrons. The average molecular weight is 205 g/mol. The van der Waals surface area contributed by atoms with Crippen LogP contribution in [-0.4, -0.2) is 18.0 Å². The fourth-order valence-electron chi connectivity index (χ4n) is 2.28. The van der Waals surface area contributed by atoms with Crippen molar-refractivity contribution in [3.63, 3.8) is 0 Å². The predicted molar refractivity (Wildman–Crippen MR) is 44.4 cm³/mol. The molecule has 0 aromatic rings. The van der Waals surface area contributed by atoms with E-state index >= 15 is 0 Å². The first-order valence-corrected chi connectivity index (χ1v) is 5.17. The zero-order valence-corrected chi connectivity index (χ0v) is 7.69. The molecule has 58 valence electrons. The van der Waals surface area contributed by atoms with Crippen molar-refractivity contribution in [3.8, 4) is 0 Å². The maximum atomic E-state index is 5.64. The van der Waals surface area contributed by atoms with Crippen LogP contribution < -0.4 is 0 Å². The van der Waals surface area contributed by atoms with Crippen molar-refractivity contribution >= 4 is 15.9 Å². The van der Waals surface area contributed by atoms with Crippen molar-refractivity contribution in [1.82, 2.24) is 0 Å². The average Bonchev–Trinajstić information content (AvgIpc) is 2.42. The molecular weight excluding hydrogens is 192 g/mol. The molecular formula is C8H13BrO. The van der Waals surface area contributed by atoms with E-state index in [2.05, 4.69) is 15.9 Å². The Morgan fingerprint density at radius 2 is 2.40 bits per heavy atom. The number of fused-ring (bicyclic) bond motifs is 1. The van der Waals surface area contributed by atoms with Gasteiger partial charge in [-0.05, 0) is 19.3 Å². The second-order valence-electron chi connectivity index (χ2n) is 3.50. The molecule has 0 aromatic carbocycles. The summed E-state index contributed by atoms with van der Waals surface area (Å²) in [5.74, 6) is 0. The second-order valence-corrected chi connectivity index (χ2v) is 4.06. The van der Waals surface area contributed by atoms with E-state index in [1.54, 1.807) is 0 Å². The minimum Gasteiger partial charge on any atom is -0.378 e. The van der Waals surface area contributed by atoms with Crippen molar-refractivity contribution in [2.75, 3.05) is 11.9 Å². The lowest BCUT2D eigenvalue weighted by Gasteiger charge is -2.24. The van der Waals surface area contributed by atoms with Gasteiger partial charge in [-0.25, -0.2) is 0 Å². The van der Waals surface area contributed by atoms with Crippen LogP contribution in [0.15, 0.2) is 0 Å². The van der Waals surface area contributed by atoms with Crippen molar-refractivity contribution in [3.05, 3.63) is 0 Å². The van der Waals surface area contributed by atoms with Crippen LogP contribution in [0.3, 0.4) is 0 Å². The monoisotopic (exact) mass is 204 g/mol. The third-order valence-corrected chi connectivity index (χ3v) is 4.13. The maximum Gasteiger partial charge on any atom is 0.0640 e. The van der Waals surface area contributed by atoms with Crippen LogP contribution >= 0.6 is 15.9 Å². The van der Waals surface area contributed by atoms with Gasteiger partial charge in [-0.15, -0.1) is 0 Å². The van der Waals surface area contributed by atoms with Gasteiger partial charge in [0.05, 0.1) is 6.10 Å². The topological polar surface area (TPSA) is 9.23 Å². The second kappa shape index (κ2) is 2.49. The van der Waals surface area contributed by atoms with Gasteiger partial charge in [0.1, 0.15) is 0 Å². The molecule has 1 nitrogen and oxygen atoms in total. The number of hydrogen-bond donors (Lipinski definition) is 0. The first-order valence-electron chi connectivity index (χ1n) is 4.05. The summed E-state index contributed by atoms with van der Waals surface area (Å²) in [6.45, 7) is 0.996. The summed E-state index contributed by atoms with van der Waals surface area (Å²) in [5, 5.41) is 1.14. The molecule has 2 rings (SSSR count). The molecule has 1 aliphatic heterocycles. The van der Waals surface area contributed by atoms with Gasteiger partial charge >= 0.3 is 0 Å². The zero-order valence-electron chi connectivity index (χ0n) is 6.11. The lowest BCUT2D eigenvalue weighted by atomic mass is 9.85. The van der Waals surface area contributed by atoms with Gasteiger partial charge in [-0.2, -0.15) is 0 Å². The molecule has 2 atom stereocenters. The van der Waals surface area contributed by atoms with E-state index in [-0.39, 0.29) is 0 Å². The summed E-state index contributed by atoms with van der Waals surface area (Å²) in [4.78, 5) is 0. The minimum atomic E-state index is 0.542. The fraction of sp³-hybridized carbons (Fsp3) is 1.00. The summed E-state index contributed by atoms with van der Waals surface area (Å²) < 4.78 is 5.64. The summed E-state index contributed by atoms with van der Waals surface area (Å²) in [6, 6.07) is 0. The van der Waals surface area contributed by atoms with Crippen LogP contribution in [0.25, 0.3) is 0 Å². The largest absolute Gasteiger partial charge is 0.378 e. The Kier molecular flexibility index (Phi) is 1.77. The van der Waals surface area contributed by atoms with Crippen LogP contribution in [0, 0.1) is 5.41 Å². The van der Waals surface area contributed by atoms with E-state index in [1.165, 1.54) is 25.7 Å². The van der Waals surface area contributed by atoms with Gasteiger partial charge in [0.15, 0.2) is 0 Å². The van der Waals surface area contributed by atoms with Gasteiger partial charge in [-0.3, -0.25) is 0 Å². The van der Waals surface area contributed by atoms with Crippen LogP contribution in [0.5, 0.6) is 0 Å². The number of rotatable bonds is 1. The minimum absolute atomic E-state index is 0.542. The summed E-state index contributed by atoms with van der Waals surface area (Å²) in [7, 11) is 0. The Morgan fingerprint density at radius 1 is 1.50 bits per heavy atom. The summed E-state index contributed by atoms with van der Waals surface area (Å²) in [6.07, 6.45) is 5.92. The van der Waals surface area contributed by atoms with Gasteiger partial charge in [0, 0.05) is 17.4 Å². The van der Waals surface area contributed by atoms with Crippen LogP contribution in [0.2, 0.25) is 0 Å². The van der Waals surface area contributed by atoms with Crippen LogP contribution in [-0.2, 0) is 4.74 Å². The Hall–Kier alpha value is 0.440. The van der Waals surface area contributed by atoms with Crippen LogP contribution in [0.4, 0.5) is 0 Å². The number of hydrogen-bond acceptors (Lipinski definition) is 1. The molecule has 0 aromatic heterocycles. The van der Waals surface area contributed by atoms with Crippen molar-refractivity contribution < 1.29 is 4.74 Å². The molecule has 0 unspecified atom stereocenters. The molecule has 10 heavy (non-hydrogen) atoms. The first-order chi connectivity index (χ1) is 4.87. The van der Waals surface area contributed by atoms with Crippen molar-refractivity contribution in [2.45, 2.75) is 31.8 Å². The van der Waals surface area contributed by atoms with Crippen molar-refractivity contribution in [2.24, 2.45) is 5.41 Å². The highest BCUT2D eigenvalue weighted by Crippen LogP contribution is 2.48. The van der Waals surface area contributed by atoms with Gasteiger partial charge in [0.25, 0.3) is 0 Å². The Balaban J connectivity index is 2.15. The molecule has 0 amide bonds. The molecule has 2 heteroatoms. The quantitative estimate of drug-likeness (QED) is 0.597. The number of alkyl halides is 1. The summed E-state index contributed by atoms with van der Waals surface area (Å²) >= 11 is 3.59. The van der Waals surface area contributed by atoms with E-state index in [4.69, 9.17) is 4.74 Å². The smallest absolute Gasteiger partial charge is 0.0640 e. The Bertz CT molecular complexity index is 125. The molecule has 1 saturated heterocycles.